The number of ether oxygens (including phenoxy) is 1. The van der Waals surface area contributed by atoms with Crippen LogP contribution in [0.15, 0.2) is 66.9 Å². The number of fused-ring (bicyclic) bond motifs is 2. The first-order valence-corrected chi connectivity index (χ1v) is 10.8. The second-order valence-corrected chi connectivity index (χ2v) is 8.22. The highest BCUT2D eigenvalue weighted by Gasteiger charge is 2.45. The summed E-state index contributed by atoms with van der Waals surface area (Å²) in [5.74, 6) is 0.391. The number of benzene rings is 3. The topological polar surface area (TPSA) is 124 Å². The van der Waals surface area contributed by atoms with E-state index >= 15 is 0 Å². The molecule has 0 saturated carbocycles. The molecule has 33 heavy (non-hydrogen) atoms. The molecule has 1 saturated heterocycles. The van der Waals surface area contributed by atoms with Gasteiger partial charge in [-0.25, -0.2) is 0 Å². The second-order valence-electron chi connectivity index (χ2n) is 8.22. The standard InChI is InChI=1S/C25H25NO7/c27-13-20-22(28)23(29)24(25(30)31-20)33-32-19-7-3-6-18-21(19)17(12-26-18)11-14-8-9-15-4-1-2-5-16(15)10-14/h1-10,12,20,22-30H,11,13H2/t20-,22-,23+,24-,25-/m1/s1. The summed E-state index contributed by atoms with van der Waals surface area (Å²) in [5, 5.41) is 42.8. The maximum absolute atomic E-state index is 10.3. The van der Waals surface area contributed by atoms with Gasteiger partial charge < -0.3 is 35.0 Å². The highest BCUT2D eigenvalue weighted by Crippen LogP contribution is 2.32. The fourth-order valence-electron chi connectivity index (χ4n) is 4.28. The summed E-state index contributed by atoms with van der Waals surface area (Å²) in [6.07, 6.45) is -4.43. The quantitative estimate of drug-likeness (QED) is 0.224. The molecule has 172 valence electrons. The lowest BCUT2D eigenvalue weighted by Crippen LogP contribution is -2.59. The second kappa shape index (κ2) is 9.11. The first-order valence-electron chi connectivity index (χ1n) is 10.8. The highest BCUT2D eigenvalue weighted by molar-refractivity contribution is 5.90. The minimum absolute atomic E-state index is 0.391. The van der Waals surface area contributed by atoms with Gasteiger partial charge in [0.1, 0.15) is 18.3 Å². The Morgan fingerprint density at radius 3 is 2.55 bits per heavy atom. The zero-order valence-electron chi connectivity index (χ0n) is 17.7. The molecule has 0 unspecified atom stereocenters. The lowest BCUT2D eigenvalue weighted by atomic mass is 9.99. The lowest BCUT2D eigenvalue weighted by molar-refractivity contribution is -0.364. The molecule has 0 radical (unpaired) electrons. The van der Waals surface area contributed by atoms with Crippen molar-refractivity contribution >= 4 is 21.7 Å². The Morgan fingerprint density at radius 1 is 0.909 bits per heavy atom. The fourth-order valence-corrected chi connectivity index (χ4v) is 4.28. The van der Waals surface area contributed by atoms with Gasteiger partial charge in [0.15, 0.2) is 18.1 Å². The van der Waals surface area contributed by atoms with Crippen LogP contribution in [-0.4, -0.2) is 62.7 Å². The van der Waals surface area contributed by atoms with E-state index in [0.717, 1.165) is 27.4 Å². The molecule has 0 spiro atoms. The minimum atomic E-state index is -1.58. The molecule has 8 nitrogen and oxygen atoms in total. The van der Waals surface area contributed by atoms with E-state index in [0.29, 0.717) is 12.2 Å². The van der Waals surface area contributed by atoms with Crippen molar-refractivity contribution in [2.75, 3.05) is 6.61 Å². The van der Waals surface area contributed by atoms with Crippen molar-refractivity contribution in [2.45, 2.75) is 37.1 Å². The van der Waals surface area contributed by atoms with Crippen LogP contribution < -0.4 is 4.89 Å². The predicted octanol–water partition coefficient (Wildman–Crippen LogP) is 2.02. The number of rotatable bonds is 6. The molecule has 2 heterocycles. The Balaban J connectivity index is 1.38. The van der Waals surface area contributed by atoms with Crippen molar-refractivity contribution in [3.05, 3.63) is 78.0 Å². The van der Waals surface area contributed by atoms with Crippen LogP contribution in [0.2, 0.25) is 0 Å². The molecule has 8 heteroatoms. The van der Waals surface area contributed by atoms with Gasteiger partial charge in [-0.1, -0.05) is 48.5 Å². The number of hydrogen-bond acceptors (Lipinski definition) is 7. The highest BCUT2D eigenvalue weighted by atomic mass is 17.2. The Hall–Kier alpha value is -2.98. The van der Waals surface area contributed by atoms with Gasteiger partial charge in [-0.05, 0) is 40.5 Å². The van der Waals surface area contributed by atoms with Crippen LogP contribution in [-0.2, 0) is 16.0 Å². The molecule has 1 aliphatic heterocycles. The third-order valence-corrected chi connectivity index (χ3v) is 6.05. The van der Waals surface area contributed by atoms with Gasteiger partial charge in [0.25, 0.3) is 0 Å². The van der Waals surface area contributed by atoms with Crippen LogP contribution in [0.3, 0.4) is 0 Å². The molecule has 5 rings (SSSR count). The van der Waals surface area contributed by atoms with Crippen LogP contribution in [0.5, 0.6) is 5.75 Å². The maximum atomic E-state index is 10.3. The van der Waals surface area contributed by atoms with E-state index < -0.39 is 37.3 Å². The lowest BCUT2D eigenvalue weighted by Gasteiger charge is -2.38. The molecule has 4 aromatic rings. The van der Waals surface area contributed by atoms with Crippen LogP contribution in [0, 0.1) is 0 Å². The number of aliphatic hydroxyl groups excluding tert-OH is 4. The first-order chi connectivity index (χ1) is 16.0. The van der Waals surface area contributed by atoms with Gasteiger partial charge in [-0.3, -0.25) is 0 Å². The van der Waals surface area contributed by atoms with E-state index in [2.05, 4.69) is 35.3 Å². The van der Waals surface area contributed by atoms with E-state index in [1.807, 2.05) is 24.4 Å². The molecule has 1 fully saturated rings. The van der Waals surface area contributed by atoms with E-state index in [1.54, 1.807) is 12.1 Å². The number of aromatic amines is 1. The molecule has 0 aliphatic carbocycles. The summed E-state index contributed by atoms with van der Waals surface area (Å²) >= 11 is 0. The number of aliphatic hydroxyl groups is 4. The zero-order chi connectivity index (χ0) is 22.9. The van der Waals surface area contributed by atoms with Crippen molar-refractivity contribution in [3.8, 4) is 5.75 Å². The maximum Gasteiger partial charge on any atom is 0.188 e. The van der Waals surface area contributed by atoms with Gasteiger partial charge >= 0.3 is 0 Å². The summed E-state index contributed by atoms with van der Waals surface area (Å²) in [4.78, 5) is 14.1. The Kier molecular flexibility index (Phi) is 6.03. The van der Waals surface area contributed by atoms with E-state index in [9.17, 15) is 20.4 Å². The SMILES string of the molecule is OC[C@H]1O[C@@H](O)[C@H](OOc2cccc3[nH]cc(Cc4ccc5ccccc5c4)c23)[C@@H](O)[C@@H]1O. The summed E-state index contributed by atoms with van der Waals surface area (Å²) in [6, 6.07) is 19.9. The molecular formula is C25H25NO7. The average molecular weight is 451 g/mol. The van der Waals surface area contributed by atoms with Crippen molar-refractivity contribution < 1.29 is 34.9 Å². The third-order valence-electron chi connectivity index (χ3n) is 6.05. The normalized spacial score (nSPS) is 25.5. The van der Waals surface area contributed by atoms with Crippen molar-refractivity contribution in [3.63, 3.8) is 0 Å². The molecule has 5 atom stereocenters. The Bertz CT molecular complexity index is 1260. The van der Waals surface area contributed by atoms with E-state index in [1.165, 1.54) is 5.39 Å². The average Bonchev–Trinajstić information content (AvgIpc) is 3.24. The van der Waals surface area contributed by atoms with E-state index in [4.69, 9.17) is 14.5 Å². The van der Waals surface area contributed by atoms with E-state index in [-0.39, 0.29) is 0 Å². The monoisotopic (exact) mass is 451 g/mol. The van der Waals surface area contributed by atoms with Gasteiger partial charge in [0, 0.05) is 17.1 Å². The zero-order valence-corrected chi connectivity index (χ0v) is 17.7. The fraction of sp³-hybridized carbons (Fsp3) is 0.280. The minimum Gasteiger partial charge on any atom is -0.394 e. The van der Waals surface area contributed by atoms with Gasteiger partial charge in [-0.2, -0.15) is 4.89 Å². The summed E-state index contributed by atoms with van der Waals surface area (Å²) < 4.78 is 5.11. The Labute approximate surface area is 189 Å². The van der Waals surface area contributed by atoms with Crippen molar-refractivity contribution in [1.82, 2.24) is 4.98 Å². The first kappa shape index (κ1) is 21.8. The number of H-pyrrole nitrogens is 1. The molecule has 3 aromatic carbocycles. The summed E-state index contributed by atoms with van der Waals surface area (Å²) in [7, 11) is 0. The van der Waals surface area contributed by atoms with Crippen LogP contribution >= 0.6 is 0 Å². The van der Waals surface area contributed by atoms with Gasteiger partial charge in [0.05, 0.1) is 6.61 Å². The Morgan fingerprint density at radius 2 is 1.73 bits per heavy atom. The van der Waals surface area contributed by atoms with Crippen molar-refractivity contribution in [1.29, 1.82) is 0 Å². The number of nitrogens with one attached hydrogen (secondary N) is 1. The van der Waals surface area contributed by atoms with Gasteiger partial charge in [-0.15, -0.1) is 0 Å². The van der Waals surface area contributed by atoms with Crippen molar-refractivity contribution in [2.24, 2.45) is 0 Å². The smallest absolute Gasteiger partial charge is 0.188 e. The predicted molar refractivity (Wildman–Crippen MR) is 121 cm³/mol. The molecule has 1 aliphatic rings. The number of hydrogen-bond donors (Lipinski definition) is 5. The number of aromatic nitrogens is 1. The summed E-state index contributed by atoms with van der Waals surface area (Å²) in [5.41, 5.74) is 2.96. The molecule has 5 N–H and O–H groups in total. The summed E-state index contributed by atoms with van der Waals surface area (Å²) in [6.45, 7) is -0.552. The van der Waals surface area contributed by atoms with Gasteiger partial charge in [0.2, 0.25) is 0 Å². The van der Waals surface area contributed by atoms with Crippen LogP contribution in [0.1, 0.15) is 11.1 Å². The molecule has 0 bridgehead atoms. The largest absolute Gasteiger partial charge is 0.394 e. The van der Waals surface area contributed by atoms with Crippen LogP contribution in [0.4, 0.5) is 0 Å². The molecular weight excluding hydrogens is 426 g/mol. The molecule has 1 aromatic heterocycles. The van der Waals surface area contributed by atoms with Crippen LogP contribution in [0.25, 0.3) is 21.7 Å². The molecule has 0 amide bonds. The third kappa shape index (κ3) is 4.20.